The molecular formula is C17H11ClFN3OS. The van der Waals surface area contributed by atoms with Gasteiger partial charge in [0.25, 0.3) is 5.91 Å². The number of aryl methyl sites for hydroxylation is 1. The van der Waals surface area contributed by atoms with Crippen LogP contribution in [0, 0.1) is 11.8 Å². The van der Waals surface area contributed by atoms with Gasteiger partial charge >= 0.3 is 0 Å². The first kappa shape index (κ1) is 12.8. The maximum Gasteiger partial charge on any atom is 0.283 e. The van der Waals surface area contributed by atoms with Gasteiger partial charge in [0.1, 0.15) is 5.65 Å². The van der Waals surface area contributed by atoms with Crippen LogP contribution >= 0.6 is 22.9 Å². The van der Waals surface area contributed by atoms with Crippen molar-refractivity contribution in [2.24, 2.45) is 6.98 Å². The molecule has 0 radical (unpaired) electrons. The molecule has 0 unspecified atom stereocenters. The SMILES string of the molecule is [2H]C([2H])([2H])n1cc(C#Cc2ccc(Cl)s2)c2cc(NC(=O)C(=C)F)cnc21. The minimum absolute atomic E-state index is 0.167. The summed E-state index contributed by atoms with van der Waals surface area (Å²) in [6.07, 6.45) is 2.61. The fraction of sp³-hybridized carbons (Fsp3) is 0.0588. The Morgan fingerprint density at radius 1 is 1.54 bits per heavy atom. The van der Waals surface area contributed by atoms with Gasteiger partial charge in [-0.2, -0.15) is 0 Å². The summed E-state index contributed by atoms with van der Waals surface area (Å²) in [4.78, 5) is 16.3. The maximum absolute atomic E-state index is 12.9. The molecule has 0 bridgehead atoms. The van der Waals surface area contributed by atoms with Gasteiger partial charge in [0.2, 0.25) is 0 Å². The highest BCUT2D eigenvalue weighted by Crippen LogP contribution is 2.23. The summed E-state index contributed by atoms with van der Waals surface area (Å²) >= 11 is 7.17. The molecule has 0 atom stereocenters. The van der Waals surface area contributed by atoms with Crippen molar-refractivity contribution in [2.75, 3.05) is 5.32 Å². The first-order valence-corrected chi connectivity index (χ1v) is 7.79. The highest BCUT2D eigenvalue weighted by atomic mass is 35.5. The van der Waals surface area contributed by atoms with Crippen molar-refractivity contribution in [3.63, 3.8) is 0 Å². The Bertz CT molecular complexity index is 1120. The van der Waals surface area contributed by atoms with Gasteiger partial charge < -0.3 is 9.88 Å². The van der Waals surface area contributed by atoms with Crippen LogP contribution in [0.3, 0.4) is 0 Å². The average molecular weight is 363 g/mol. The van der Waals surface area contributed by atoms with E-state index in [2.05, 4.69) is 28.7 Å². The zero-order valence-electron chi connectivity index (χ0n) is 15.1. The number of hydrogen-bond donors (Lipinski definition) is 1. The highest BCUT2D eigenvalue weighted by molar-refractivity contribution is 7.16. The Balaban J connectivity index is 2.11. The zero-order valence-corrected chi connectivity index (χ0v) is 13.6. The number of fused-ring (bicyclic) bond motifs is 1. The van der Waals surface area contributed by atoms with Gasteiger partial charge in [-0.3, -0.25) is 4.79 Å². The van der Waals surface area contributed by atoms with E-state index in [9.17, 15) is 9.18 Å². The summed E-state index contributed by atoms with van der Waals surface area (Å²) in [5, 5.41) is 2.70. The standard InChI is InChI=1S/C17H11ClFN3OS/c1-10(19)17(23)21-12-7-14-11(9-22(2)16(14)20-8-12)3-4-13-5-6-15(18)24-13/h5-9H,1H2,2H3,(H,21,23)/i2D3. The van der Waals surface area contributed by atoms with E-state index in [-0.39, 0.29) is 11.3 Å². The van der Waals surface area contributed by atoms with E-state index in [1.165, 1.54) is 29.8 Å². The number of thiophene rings is 1. The van der Waals surface area contributed by atoms with E-state index in [1.54, 1.807) is 12.1 Å². The number of carbonyl (C=O) groups is 1. The lowest BCUT2D eigenvalue weighted by Gasteiger charge is -2.03. The van der Waals surface area contributed by atoms with Crippen LogP contribution in [-0.4, -0.2) is 15.5 Å². The van der Waals surface area contributed by atoms with E-state index >= 15 is 0 Å². The second-order valence-electron chi connectivity index (χ2n) is 4.72. The van der Waals surface area contributed by atoms with Gasteiger partial charge in [0.05, 0.1) is 26.7 Å². The van der Waals surface area contributed by atoms with Crippen molar-refractivity contribution in [2.45, 2.75) is 0 Å². The summed E-state index contributed by atoms with van der Waals surface area (Å²) < 4.78 is 37.5. The Labute approximate surface area is 150 Å². The highest BCUT2D eigenvalue weighted by Gasteiger charge is 2.10. The molecule has 3 heterocycles. The van der Waals surface area contributed by atoms with Gasteiger partial charge in [-0.15, -0.1) is 11.3 Å². The molecule has 0 aromatic carbocycles. The van der Waals surface area contributed by atoms with Crippen molar-refractivity contribution >= 4 is 45.6 Å². The second kappa shape index (κ2) is 6.48. The van der Waals surface area contributed by atoms with Crippen molar-refractivity contribution in [1.82, 2.24) is 9.55 Å². The normalized spacial score (nSPS) is 12.7. The van der Waals surface area contributed by atoms with Gasteiger partial charge in [0, 0.05) is 22.7 Å². The molecular weight excluding hydrogens is 349 g/mol. The molecule has 3 rings (SSSR count). The Morgan fingerprint density at radius 2 is 2.38 bits per heavy atom. The minimum Gasteiger partial charge on any atom is -0.334 e. The van der Waals surface area contributed by atoms with Gasteiger partial charge in [-0.25, -0.2) is 9.37 Å². The van der Waals surface area contributed by atoms with Crippen LogP contribution in [0.5, 0.6) is 0 Å². The predicted octanol–water partition coefficient (Wildman–Crippen LogP) is 4.11. The zero-order chi connectivity index (χ0) is 19.8. The number of hydrogen-bond acceptors (Lipinski definition) is 3. The summed E-state index contributed by atoms with van der Waals surface area (Å²) in [6.45, 7) is 0.460. The van der Waals surface area contributed by atoms with Gasteiger partial charge in [-0.1, -0.05) is 30.0 Å². The van der Waals surface area contributed by atoms with Crippen molar-refractivity contribution in [3.05, 3.63) is 57.8 Å². The van der Waals surface area contributed by atoms with Crippen molar-refractivity contribution in [1.29, 1.82) is 0 Å². The van der Waals surface area contributed by atoms with Gasteiger partial charge in [0.15, 0.2) is 5.83 Å². The number of amides is 1. The molecule has 120 valence electrons. The maximum atomic E-state index is 12.9. The van der Waals surface area contributed by atoms with Crippen LogP contribution in [0.4, 0.5) is 10.1 Å². The molecule has 1 N–H and O–H groups in total. The third kappa shape index (κ3) is 3.32. The molecule has 0 spiro atoms. The molecule has 3 aromatic heterocycles. The fourth-order valence-corrected chi connectivity index (χ4v) is 2.88. The largest absolute Gasteiger partial charge is 0.334 e. The lowest BCUT2D eigenvalue weighted by Crippen LogP contribution is -2.11. The second-order valence-corrected chi connectivity index (χ2v) is 6.44. The number of halogens is 2. The molecule has 1 amide bonds. The summed E-state index contributed by atoms with van der Waals surface area (Å²) in [6, 6.07) is 4.94. The molecule has 0 aliphatic rings. The lowest BCUT2D eigenvalue weighted by atomic mass is 10.2. The van der Waals surface area contributed by atoms with E-state index in [4.69, 9.17) is 15.7 Å². The summed E-state index contributed by atoms with van der Waals surface area (Å²) in [7, 11) is 0. The number of anilines is 1. The van der Waals surface area contributed by atoms with Crippen LogP contribution < -0.4 is 5.32 Å². The Morgan fingerprint density at radius 3 is 3.04 bits per heavy atom. The number of rotatable bonds is 2. The van der Waals surface area contributed by atoms with E-state index < -0.39 is 18.7 Å². The van der Waals surface area contributed by atoms with Gasteiger partial charge in [-0.05, 0) is 18.2 Å². The summed E-state index contributed by atoms with van der Waals surface area (Å²) in [5.74, 6) is 3.66. The Hall–Kier alpha value is -2.62. The van der Waals surface area contributed by atoms with Crippen molar-refractivity contribution < 1.29 is 13.3 Å². The molecule has 0 aliphatic carbocycles. The quantitative estimate of drug-likeness (QED) is 0.551. The molecule has 0 fully saturated rings. The number of nitrogens with zero attached hydrogens (tertiary/aromatic N) is 2. The van der Waals surface area contributed by atoms with E-state index in [0.717, 1.165) is 4.57 Å². The van der Waals surface area contributed by atoms with Crippen molar-refractivity contribution in [3.8, 4) is 11.8 Å². The predicted molar refractivity (Wildman–Crippen MR) is 94.9 cm³/mol. The smallest absolute Gasteiger partial charge is 0.283 e. The minimum atomic E-state index is -2.46. The van der Waals surface area contributed by atoms with Crippen LogP contribution in [0.2, 0.25) is 4.34 Å². The van der Waals surface area contributed by atoms with Crippen LogP contribution in [0.15, 0.2) is 43.0 Å². The number of pyridine rings is 1. The number of aromatic nitrogens is 2. The fourth-order valence-electron chi connectivity index (χ4n) is 1.98. The molecule has 0 saturated heterocycles. The third-order valence-corrected chi connectivity index (χ3v) is 4.19. The van der Waals surface area contributed by atoms with Crippen LogP contribution in [0.25, 0.3) is 11.0 Å². The molecule has 0 aliphatic heterocycles. The molecule has 0 saturated carbocycles. The summed E-state index contributed by atoms with van der Waals surface area (Å²) in [5.41, 5.74) is 0.755. The average Bonchev–Trinajstić information content (AvgIpc) is 3.15. The van der Waals surface area contributed by atoms with Crippen LogP contribution in [0.1, 0.15) is 14.6 Å². The third-order valence-electron chi connectivity index (χ3n) is 3.04. The number of nitrogens with one attached hydrogen (secondary N) is 1. The first-order valence-electron chi connectivity index (χ1n) is 8.10. The molecule has 4 nitrogen and oxygen atoms in total. The lowest BCUT2D eigenvalue weighted by molar-refractivity contribution is -0.114. The topological polar surface area (TPSA) is 46.9 Å². The molecule has 3 aromatic rings. The van der Waals surface area contributed by atoms with E-state index in [1.807, 2.05) is 0 Å². The Kier molecular flexibility index (Phi) is 3.44. The van der Waals surface area contributed by atoms with E-state index in [0.29, 0.717) is 20.2 Å². The molecule has 24 heavy (non-hydrogen) atoms. The first-order chi connectivity index (χ1) is 12.6. The number of carbonyl (C=O) groups excluding carboxylic acids is 1. The van der Waals surface area contributed by atoms with Crippen LogP contribution in [-0.2, 0) is 11.8 Å². The monoisotopic (exact) mass is 362 g/mol. The molecule has 7 heteroatoms.